The number of sulfonamides is 2. The molecule has 0 spiro atoms. The normalized spacial score (nSPS) is 17.4. The first-order valence-electron chi connectivity index (χ1n) is 6.23. The molecule has 1 aliphatic rings. The largest absolute Gasteiger partial charge is 0.465 e. The minimum atomic E-state index is -3.89. The van der Waals surface area contributed by atoms with Gasteiger partial charge in [0.05, 0.1) is 9.79 Å². The van der Waals surface area contributed by atoms with Crippen LogP contribution < -0.4 is 5.14 Å². The van der Waals surface area contributed by atoms with E-state index in [1.807, 2.05) is 0 Å². The highest BCUT2D eigenvalue weighted by molar-refractivity contribution is 7.89. The van der Waals surface area contributed by atoms with Crippen LogP contribution in [0.2, 0.25) is 0 Å². The minimum Gasteiger partial charge on any atom is -0.465 e. The van der Waals surface area contributed by atoms with Gasteiger partial charge in [0.25, 0.3) is 0 Å². The summed E-state index contributed by atoms with van der Waals surface area (Å²) in [4.78, 5) is 11.7. The van der Waals surface area contributed by atoms with Crippen LogP contribution in [0.15, 0.2) is 34.1 Å². The molecular formula is C11H15N3O6S2. The third kappa shape index (κ3) is 3.38. The highest BCUT2D eigenvalue weighted by atomic mass is 32.2. The first kappa shape index (κ1) is 16.7. The Labute approximate surface area is 128 Å². The number of carbonyl (C=O) groups is 1. The van der Waals surface area contributed by atoms with Crippen molar-refractivity contribution in [2.75, 3.05) is 26.2 Å². The molecule has 0 bridgehead atoms. The molecule has 1 aliphatic heterocycles. The van der Waals surface area contributed by atoms with Crippen molar-refractivity contribution in [3.05, 3.63) is 24.3 Å². The van der Waals surface area contributed by atoms with E-state index in [2.05, 4.69) is 0 Å². The molecule has 122 valence electrons. The molecular weight excluding hydrogens is 334 g/mol. The maximum Gasteiger partial charge on any atom is 0.407 e. The van der Waals surface area contributed by atoms with Crippen molar-refractivity contribution < 1.29 is 26.7 Å². The molecule has 0 aromatic heterocycles. The van der Waals surface area contributed by atoms with Crippen LogP contribution >= 0.6 is 0 Å². The number of carboxylic acid groups (broad SMARTS) is 1. The van der Waals surface area contributed by atoms with E-state index in [0.717, 1.165) is 17.0 Å². The molecule has 9 nitrogen and oxygen atoms in total. The van der Waals surface area contributed by atoms with Crippen molar-refractivity contribution in [2.24, 2.45) is 5.14 Å². The van der Waals surface area contributed by atoms with Gasteiger partial charge in [-0.1, -0.05) is 0 Å². The predicted molar refractivity (Wildman–Crippen MR) is 76.2 cm³/mol. The summed E-state index contributed by atoms with van der Waals surface area (Å²) in [5, 5.41) is 13.8. The second-order valence-electron chi connectivity index (χ2n) is 4.69. The number of benzene rings is 1. The van der Waals surface area contributed by atoms with Gasteiger partial charge < -0.3 is 10.0 Å². The van der Waals surface area contributed by atoms with E-state index in [4.69, 9.17) is 10.2 Å². The van der Waals surface area contributed by atoms with Gasteiger partial charge in [-0.3, -0.25) is 0 Å². The van der Waals surface area contributed by atoms with Gasteiger partial charge >= 0.3 is 6.09 Å². The number of hydrogen-bond acceptors (Lipinski definition) is 5. The number of nitrogens with two attached hydrogens (primary N) is 1. The molecule has 2 rings (SSSR count). The Morgan fingerprint density at radius 3 is 1.82 bits per heavy atom. The Bertz CT molecular complexity index is 765. The molecule has 1 aromatic rings. The van der Waals surface area contributed by atoms with Crippen LogP contribution in [0, 0.1) is 0 Å². The molecule has 0 unspecified atom stereocenters. The zero-order valence-corrected chi connectivity index (χ0v) is 13.0. The minimum absolute atomic E-state index is 0.0472. The summed E-state index contributed by atoms with van der Waals surface area (Å²) >= 11 is 0. The Hall–Kier alpha value is -1.69. The van der Waals surface area contributed by atoms with E-state index in [1.54, 1.807) is 0 Å². The molecule has 1 heterocycles. The van der Waals surface area contributed by atoms with E-state index in [-0.39, 0.29) is 36.0 Å². The SMILES string of the molecule is NS(=O)(=O)c1ccc(S(=O)(=O)N2CCN(C(=O)O)CC2)cc1. The average molecular weight is 349 g/mol. The number of hydrogen-bond donors (Lipinski definition) is 2. The fourth-order valence-corrected chi connectivity index (χ4v) is 4.01. The average Bonchev–Trinajstić information content (AvgIpc) is 2.46. The van der Waals surface area contributed by atoms with Gasteiger partial charge in [0, 0.05) is 26.2 Å². The van der Waals surface area contributed by atoms with E-state index < -0.39 is 26.1 Å². The molecule has 22 heavy (non-hydrogen) atoms. The van der Waals surface area contributed by atoms with Crippen LogP contribution in [0.25, 0.3) is 0 Å². The maximum absolute atomic E-state index is 12.4. The number of piperazine rings is 1. The standard InChI is InChI=1S/C11H15N3O6S2/c12-21(17,18)9-1-3-10(4-2-9)22(19,20)14-7-5-13(6-8-14)11(15)16/h1-4H,5-8H2,(H,15,16)(H2,12,17,18). The molecule has 11 heteroatoms. The number of rotatable bonds is 3. The van der Waals surface area contributed by atoms with Gasteiger partial charge in [0.2, 0.25) is 20.0 Å². The molecule has 0 saturated carbocycles. The van der Waals surface area contributed by atoms with Crippen LogP contribution in [0.1, 0.15) is 0 Å². The van der Waals surface area contributed by atoms with Gasteiger partial charge in [-0.2, -0.15) is 4.31 Å². The fraction of sp³-hybridized carbons (Fsp3) is 0.364. The summed E-state index contributed by atoms with van der Waals surface area (Å²) in [6.45, 7) is 0.269. The number of primary sulfonamides is 1. The Kier molecular flexibility index (Phi) is 4.42. The van der Waals surface area contributed by atoms with Crippen molar-refractivity contribution in [3.8, 4) is 0 Å². The lowest BCUT2D eigenvalue weighted by atomic mass is 10.4. The smallest absolute Gasteiger partial charge is 0.407 e. The molecule has 1 amide bonds. The molecule has 1 saturated heterocycles. The van der Waals surface area contributed by atoms with Gasteiger partial charge in [-0.25, -0.2) is 26.8 Å². The highest BCUT2D eigenvalue weighted by Gasteiger charge is 2.30. The van der Waals surface area contributed by atoms with Gasteiger partial charge in [0.15, 0.2) is 0 Å². The second-order valence-corrected chi connectivity index (χ2v) is 8.19. The molecule has 0 radical (unpaired) electrons. The van der Waals surface area contributed by atoms with Crippen molar-refractivity contribution in [3.63, 3.8) is 0 Å². The molecule has 0 aliphatic carbocycles. The van der Waals surface area contributed by atoms with Crippen LogP contribution in [0.5, 0.6) is 0 Å². The first-order chi connectivity index (χ1) is 10.1. The third-order valence-electron chi connectivity index (χ3n) is 3.30. The zero-order chi connectivity index (χ0) is 16.5. The summed E-state index contributed by atoms with van der Waals surface area (Å²) in [7, 11) is -7.68. The zero-order valence-electron chi connectivity index (χ0n) is 11.4. The van der Waals surface area contributed by atoms with Gasteiger partial charge in [-0.15, -0.1) is 0 Å². The Morgan fingerprint density at radius 2 is 1.41 bits per heavy atom. The van der Waals surface area contributed by atoms with Gasteiger partial charge in [0.1, 0.15) is 0 Å². The lowest BCUT2D eigenvalue weighted by Crippen LogP contribution is -2.50. The monoisotopic (exact) mass is 349 g/mol. The summed E-state index contributed by atoms with van der Waals surface area (Å²) in [5.74, 6) is 0. The maximum atomic E-state index is 12.4. The van der Waals surface area contributed by atoms with Crippen molar-refractivity contribution in [1.82, 2.24) is 9.21 Å². The summed E-state index contributed by atoms with van der Waals surface area (Å²) < 4.78 is 48.3. The quantitative estimate of drug-likeness (QED) is 0.741. The summed E-state index contributed by atoms with van der Waals surface area (Å²) in [6.07, 6.45) is -1.09. The van der Waals surface area contributed by atoms with Crippen LogP contribution in [0.4, 0.5) is 4.79 Å². The molecule has 3 N–H and O–H groups in total. The van der Waals surface area contributed by atoms with Crippen LogP contribution in [0.3, 0.4) is 0 Å². The van der Waals surface area contributed by atoms with Crippen LogP contribution in [-0.2, 0) is 20.0 Å². The third-order valence-corrected chi connectivity index (χ3v) is 6.14. The number of nitrogens with zero attached hydrogens (tertiary/aromatic N) is 2. The lowest BCUT2D eigenvalue weighted by Gasteiger charge is -2.32. The van der Waals surface area contributed by atoms with E-state index in [9.17, 15) is 21.6 Å². The predicted octanol–water partition coefficient (Wildman–Crippen LogP) is -0.682. The van der Waals surface area contributed by atoms with E-state index in [1.165, 1.54) is 16.4 Å². The first-order valence-corrected chi connectivity index (χ1v) is 9.22. The van der Waals surface area contributed by atoms with Crippen LogP contribution in [-0.4, -0.2) is 63.4 Å². The Balaban J connectivity index is 2.19. The van der Waals surface area contributed by atoms with Crippen molar-refractivity contribution in [1.29, 1.82) is 0 Å². The lowest BCUT2D eigenvalue weighted by molar-refractivity contribution is 0.126. The van der Waals surface area contributed by atoms with E-state index >= 15 is 0 Å². The van der Waals surface area contributed by atoms with Crippen molar-refractivity contribution in [2.45, 2.75) is 9.79 Å². The second kappa shape index (κ2) is 5.83. The van der Waals surface area contributed by atoms with Gasteiger partial charge in [-0.05, 0) is 24.3 Å². The van der Waals surface area contributed by atoms with Crippen molar-refractivity contribution >= 4 is 26.1 Å². The van der Waals surface area contributed by atoms with E-state index in [0.29, 0.717) is 0 Å². The molecule has 1 aromatic carbocycles. The molecule has 1 fully saturated rings. The Morgan fingerprint density at radius 1 is 0.955 bits per heavy atom. The number of amides is 1. The topological polar surface area (TPSA) is 138 Å². The molecule has 0 atom stereocenters. The summed E-state index contributed by atoms with van der Waals surface area (Å²) in [6, 6.07) is 4.57. The highest BCUT2D eigenvalue weighted by Crippen LogP contribution is 2.19. The summed E-state index contributed by atoms with van der Waals surface area (Å²) in [5.41, 5.74) is 0. The fourth-order valence-electron chi connectivity index (χ4n) is 2.07.